The second-order valence-electron chi connectivity index (χ2n) is 13.7. The Hall–Kier alpha value is -2.04. The van der Waals surface area contributed by atoms with E-state index in [0.29, 0.717) is 12.1 Å². The average Bonchev–Trinajstić information content (AvgIpc) is 2.99. The molecule has 0 aliphatic carbocycles. The third-order valence-electron chi connectivity index (χ3n) is 9.53. The minimum Gasteiger partial charge on any atom is -0.491 e. The van der Waals surface area contributed by atoms with Gasteiger partial charge in [0.2, 0.25) is 0 Å². The van der Waals surface area contributed by atoms with Gasteiger partial charge in [0.25, 0.3) is 0 Å². The third-order valence-corrected chi connectivity index (χ3v) is 9.53. The van der Waals surface area contributed by atoms with Crippen molar-refractivity contribution in [2.75, 3.05) is 40.4 Å². The molecule has 4 nitrogen and oxygen atoms in total. The van der Waals surface area contributed by atoms with Crippen LogP contribution in [-0.2, 0) is 0 Å². The molecule has 2 atom stereocenters. The summed E-state index contributed by atoms with van der Waals surface area (Å²) in [4.78, 5) is 4.91. The number of benzene rings is 2. The van der Waals surface area contributed by atoms with E-state index in [9.17, 15) is 0 Å². The molecule has 0 radical (unpaired) electrons. The zero-order valence-electron chi connectivity index (χ0n) is 30.1. The molecule has 250 valence electrons. The van der Waals surface area contributed by atoms with Gasteiger partial charge in [-0.25, -0.2) is 0 Å². The highest BCUT2D eigenvalue weighted by Crippen LogP contribution is 2.24. The van der Waals surface area contributed by atoms with Crippen LogP contribution in [0, 0.1) is 27.7 Å². The normalized spacial score (nSPS) is 13.0. The molecule has 0 spiro atoms. The van der Waals surface area contributed by atoms with E-state index in [-0.39, 0.29) is 0 Å². The van der Waals surface area contributed by atoms with Gasteiger partial charge in [0.1, 0.15) is 24.7 Å². The molecule has 0 N–H and O–H groups in total. The van der Waals surface area contributed by atoms with Gasteiger partial charge in [0.15, 0.2) is 0 Å². The predicted molar refractivity (Wildman–Crippen MR) is 192 cm³/mol. The van der Waals surface area contributed by atoms with Crippen molar-refractivity contribution in [3.63, 3.8) is 0 Å². The Balaban J connectivity index is 1.34. The summed E-state index contributed by atoms with van der Waals surface area (Å²) < 4.78 is 12.3. The Kier molecular flexibility index (Phi) is 19.5. The number of hydrogen-bond acceptors (Lipinski definition) is 4. The standard InChI is InChI=1S/C40H68N2O2/c1-33-25-23-26-34(2)39(33)43-31-37(5)41(7)29-21-19-17-15-13-11-9-10-12-14-16-18-20-22-30-42(8)38(6)32-44-40-35(3)27-24-28-36(40)4/h23-28,37-38H,9-22,29-32H2,1-8H3. The average molecular weight is 609 g/mol. The lowest BCUT2D eigenvalue weighted by Crippen LogP contribution is -2.34. The minimum atomic E-state index is 0.435. The van der Waals surface area contributed by atoms with E-state index >= 15 is 0 Å². The second-order valence-corrected chi connectivity index (χ2v) is 13.7. The first kappa shape index (κ1) is 38.1. The van der Waals surface area contributed by atoms with E-state index in [1.165, 1.54) is 112 Å². The predicted octanol–water partition coefficient (Wildman–Crippen LogP) is 10.5. The maximum Gasteiger partial charge on any atom is 0.125 e. The van der Waals surface area contributed by atoms with Crippen molar-refractivity contribution in [1.29, 1.82) is 0 Å². The van der Waals surface area contributed by atoms with Crippen LogP contribution in [0.4, 0.5) is 0 Å². The van der Waals surface area contributed by atoms with Gasteiger partial charge in [-0.3, -0.25) is 0 Å². The Morgan fingerprint density at radius 2 is 0.705 bits per heavy atom. The van der Waals surface area contributed by atoms with Gasteiger partial charge < -0.3 is 19.3 Å². The third kappa shape index (κ3) is 15.3. The lowest BCUT2D eigenvalue weighted by atomic mass is 10.0. The largest absolute Gasteiger partial charge is 0.491 e. The van der Waals surface area contributed by atoms with Crippen LogP contribution < -0.4 is 9.47 Å². The topological polar surface area (TPSA) is 24.9 Å². The Bertz CT molecular complexity index is 900. The van der Waals surface area contributed by atoms with Crippen molar-refractivity contribution >= 4 is 0 Å². The summed E-state index contributed by atoms with van der Waals surface area (Å²) in [6, 6.07) is 13.6. The molecule has 2 rings (SSSR count). The van der Waals surface area contributed by atoms with Crippen LogP contribution in [0.25, 0.3) is 0 Å². The highest BCUT2D eigenvalue weighted by Gasteiger charge is 2.13. The summed E-state index contributed by atoms with van der Waals surface area (Å²) in [5.74, 6) is 2.12. The van der Waals surface area contributed by atoms with Crippen LogP contribution in [0.3, 0.4) is 0 Å². The molecule has 0 saturated carbocycles. The highest BCUT2D eigenvalue weighted by molar-refractivity contribution is 5.40. The van der Waals surface area contributed by atoms with Gasteiger partial charge in [-0.05, 0) is 104 Å². The first-order valence-electron chi connectivity index (χ1n) is 18.0. The lowest BCUT2D eigenvalue weighted by molar-refractivity contribution is 0.169. The molecule has 2 aromatic carbocycles. The van der Waals surface area contributed by atoms with Crippen molar-refractivity contribution in [3.05, 3.63) is 58.7 Å². The number of aryl methyl sites for hydroxylation is 4. The Morgan fingerprint density at radius 3 is 0.977 bits per heavy atom. The maximum atomic E-state index is 6.17. The monoisotopic (exact) mass is 609 g/mol. The fourth-order valence-electron chi connectivity index (χ4n) is 6.00. The van der Waals surface area contributed by atoms with Gasteiger partial charge >= 0.3 is 0 Å². The van der Waals surface area contributed by atoms with Crippen LogP contribution in [0.5, 0.6) is 11.5 Å². The number of likely N-dealkylation sites (N-methyl/N-ethyl adjacent to an activating group) is 2. The molecule has 0 saturated heterocycles. The molecule has 0 aromatic heterocycles. The summed E-state index contributed by atoms with van der Waals surface area (Å²) in [6.45, 7) is 16.9. The number of rotatable bonds is 25. The number of para-hydroxylation sites is 2. The van der Waals surface area contributed by atoms with Crippen molar-refractivity contribution in [2.45, 2.75) is 144 Å². The molecular weight excluding hydrogens is 540 g/mol. The van der Waals surface area contributed by atoms with Crippen LogP contribution in [0.2, 0.25) is 0 Å². The SMILES string of the molecule is Cc1cccc(C)c1OCC(C)N(C)CCCCCCCCCCCCCCCCN(C)C(C)COc1c(C)cccc1C. The van der Waals surface area contributed by atoms with E-state index in [1.807, 2.05) is 0 Å². The highest BCUT2D eigenvalue weighted by atomic mass is 16.5. The Morgan fingerprint density at radius 1 is 0.455 bits per heavy atom. The molecule has 4 heteroatoms. The summed E-state index contributed by atoms with van der Waals surface area (Å²) in [5, 5.41) is 0. The molecule has 0 amide bonds. The second kappa shape index (κ2) is 22.5. The summed E-state index contributed by atoms with van der Waals surface area (Å²) in [7, 11) is 4.48. The van der Waals surface area contributed by atoms with Crippen molar-refractivity contribution in [1.82, 2.24) is 9.80 Å². The van der Waals surface area contributed by atoms with E-state index in [4.69, 9.17) is 9.47 Å². The quantitative estimate of drug-likeness (QED) is 0.105. The van der Waals surface area contributed by atoms with Gasteiger partial charge in [-0.1, -0.05) is 113 Å². The van der Waals surface area contributed by atoms with Gasteiger partial charge in [-0.15, -0.1) is 0 Å². The Labute approximate surface area is 272 Å². The maximum absolute atomic E-state index is 6.17. The molecule has 0 bridgehead atoms. The van der Waals surface area contributed by atoms with Gasteiger partial charge in [-0.2, -0.15) is 0 Å². The summed E-state index contributed by atoms with van der Waals surface area (Å²) in [5.41, 5.74) is 4.91. The van der Waals surface area contributed by atoms with Gasteiger partial charge in [0.05, 0.1) is 0 Å². The molecule has 0 aliphatic rings. The lowest BCUT2D eigenvalue weighted by Gasteiger charge is -2.25. The number of hydrogen-bond donors (Lipinski definition) is 0. The molecular formula is C40H68N2O2. The van der Waals surface area contributed by atoms with Crippen LogP contribution in [-0.4, -0.2) is 62.3 Å². The fourth-order valence-corrected chi connectivity index (χ4v) is 6.00. The first-order chi connectivity index (χ1) is 21.2. The molecule has 0 fully saturated rings. The fraction of sp³-hybridized carbons (Fsp3) is 0.700. The first-order valence-corrected chi connectivity index (χ1v) is 18.0. The molecule has 2 unspecified atom stereocenters. The minimum absolute atomic E-state index is 0.435. The molecule has 0 aliphatic heterocycles. The number of unbranched alkanes of at least 4 members (excludes halogenated alkanes) is 13. The summed E-state index contributed by atoms with van der Waals surface area (Å²) in [6.07, 6.45) is 19.4. The zero-order chi connectivity index (χ0) is 32.2. The van der Waals surface area contributed by atoms with Gasteiger partial charge in [0, 0.05) is 12.1 Å². The van der Waals surface area contributed by atoms with Crippen LogP contribution in [0.15, 0.2) is 36.4 Å². The van der Waals surface area contributed by atoms with Crippen LogP contribution >= 0.6 is 0 Å². The summed E-state index contributed by atoms with van der Waals surface area (Å²) >= 11 is 0. The number of nitrogens with zero attached hydrogens (tertiary/aromatic N) is 2. The van der Waals surface area contributed by atoms with Crippen molar-refractivity contribution in [2.24, 2.45) is 0 Å². The van der Waals surface area contributed by atoms with Crippen LogP contribution in [0.1, 0.15) is 126 Å². The van der Waals surface area contributed by atoms with Crippen molar-refractivity contribution in [3.8, 4) is 11.5 Å². The van der Waals surface area contributed by atoms with E-state index in [0.717, 1.165) is 37.8 Å². The molecule has 0 heterocycles. The molecule has 2 aromatic rings. The smallest absolute Gasteiger partial charge is 0.125 e. The van der Waals surface area contributed by atoms with E-state index < -0.39 is 0 Å². The van der Waals surface area contributed by atoms with E-state index in [1.54, 1.807) is 0 Å². The molecule has 44 heavy (non-hydrogen) atoms. The zero-order valence-corrected chi connectivity index (χ0v) is 30.1. The van der Waals surface area contributed by atoms with E-state index in [2.05, 4.69) is 102 Å². The van der Waals surface area contributed by atoms with Crippen molar-refractivity contribution < 1.29 is 9.47 Å². The number of ether oxygens (including phenoxy) is 2.